The Bertz CT molecular complexity index is 887. The van der Waals surface area contributed by atoms with E-state index in [-0.39, 0.29) is 18.9 Å². The first-order valence-electron chi connectivity index (χ1n) is 8.65. The quantitative estimate of drug-likeness (QED) is 0.214. The average Bonchev–Trinajstić information content (AvgIpc) is 2.69. The van der Waals surface area contributed by atoms with E-state index >= 15 is 0 Å². The molecule has 7 nitrogen and oxygen atoms in total. The fourth-order valence-electron chi connectivity index (χ4n) is 2.26. The summed E-state index contributed by atoms with van der Waals surface area (Å²) in [5.41, 5.74) is 4.12. The van der Waals surface area contributed by atoms with Crippen LogP contribution in [0.5, 0.6) is 11.5 Å². The summed E-state index contributed by atoms with van der Waals surface area (Å²) in [5.74, 6) is 0.226. The molecule has 2 rings (SSSR count). The number of hydrogen-bond donors (Lipinski definition) is 1. The van der Waals surface area contributed by atoms with E-state index in [0.717, 1.165) is 13.6 Å². The number of hydrogen-bond acceptors (Lipinski definition) is 6. The molecule has 0 saturated carbocycles. The van der Waals surface area contributed by atoms with Gasteiger partial charge in [0, 0.05) is 4.47 Å². The SMILES string of the molecule is CCOc1cc(/C=N\NC(=O)Cc2ccc(Br)cc2)cc(I)c1OCC(=O)OC. The van der Waals surface area contributed by atoms with Crippen LogP contribution in [0.1, 0.15) is 18.1 Å². The lowest BCUT2D eigenvalue weighted by molar-refractivity contribution is -0.143. The van der Waals surface area contributed by atoms with Crippen molar-refractivity contribution >= 4 is 56.6 Å². The Morgan fingerprint density at radius 1 is 1.21 bits per heavy atom. The third-order valence-corrected chi connectivity index (χ3v) is 4.90. The number of methoxy groups -OCH3 is 1. The molecule has 0 aliphatic rings. The maximum absolute atomic E-state index is 12.0. The van der Waals surface area contributed by atoms with Gasteiger partial charge in [0.1, 0.15) is 0 Å². The number of benzene rings is 2. The van der Waals surface area contributed by atoms with Gasteiger partial charge in [-0.2, -0.15) is 5.10 Å². The molecule has 9 heteroatoms. The van der Waals surface area contributed by atoms with Crippen LogP contribution in [0.4, 0.5) is 0 Å². The molecule has 29 heavy (non-hydrogen) atoms. The highest BCUT2D eigenvalue weighted by molar-refractivity contribution is 14.1. The Hall–Kier alpha value is -2.14. The zero-order chi connectivity index (χ0) is 21.2. The molecular weight excluding hydrogens is 555 g/mol. The Labute approximate surface area is 191 Å². The topological polar surface area (TPSA) is 86.2 Å². The largest absolute Gasteiger partial charge is 0.490 e. The molecule has 0 fully saturated rings. The van der Waals surface area contributed by atoms with Gasteiger partial charge in [-0.05, 0) is 64.9 Å². The van der Waals surface area contributed by atoms with Crippen molar-refractivity contribution < 1.29 is 23.8 Å². The van der Waals surface area contributed by atoms with Crippen molar-refractivity contribution in [3.05, 3.63) is 55.6 Å². The van der Waals surface area contributed by atoms with Crippen molar-refractivity contribution in [1.82, 2.24) is 5.43 Å². The number of amides is 1. The molecule has 154 valence electrons. The Balaban J connectivity index is 2.04. The highest BCUT2D eigenvalue weighted by atomic mass is 127. The Kier molecular flexibility index (Phi) is 9.39. The Morgan fingerprint density at radius 2 is 1.93 bits per heavy atom. The molecule has 0 aliphatic heterocycles. The first-order chi connectivity index (χ1) is 13.9. The van der Waals surface area contributed by atoms with Crippen LogP contribution in [0.25, 0.3) is 0 Å². The molecule has 0 spiro atoms. The van der Waals surface area contributed by atoms with E-state index in [1.54, 1.807) is 12.1 Å². The second-order valence-corrected chi connectivity index (χ2v) is 7.80. The van der Waals surface area contributed by atoms with Crippen LogP contribution < -0.4 is 14.9 Å². The van der Waals surface area contributed by atoms with Crippen LogP contribution in [-0.2, 0) is 20.7 Å². The molecule has 0 unspecified atom stereocenters. The highest BCUT2D eigenvalue weighted by Gasteiger charge is 2.14. The van der Waals surface area contributed by atoms with Crippen LogP contribution in [-0.4, -0.2) is 38.4 Å². The van der Waals surface area contributed by atoms with E-state index in [9.17, 15) is 9.59 Å². The van der Waals surface area contributed by atoms with Gasteiger partial charge >= 0.3 is 5.97 Å². The number of halogens is 2. The minimum absolute atomic E-state index is 0.216. The van der Waals surface area contributed by atoms with Crippen molar-refractivity contribution in [2.24, 2.45) is 5.10 Å². The number of ether oxygens (including phenoxy) is 3. The average molecular weight is 575 g/mol. The van der Waals surface area contributed by atoms with Crippen molar-refractivity contribution in [3.8, 4) is 11.5 Å². The van der Waals surface area contributed by atoms with E-state index < -0.39 is 5.97 Å². The van der Waals surface area contributed by atoms with E-state index in [0.29, 0.717) is 23.7 Å². The van der Waals surface area contributed by atoms with Crippen LogP contribution in [0.2, 0.25) is 0 Å². The number of hydrazone groups is 1. The summed E-state index contributed by atoms with van der Waals surface area (Å²) in [5, 5.41) is 4.01. The third-order valence-electron chi connectivity index (χ3n) is 3.57. The van der Waals surface area contributed by atoms with Gasteiger partial charge in [-0.1, -0.05) is 28.1 Å². The summed E-state index contributed by atoms with van der Waals surface area (Å²) < 4.78 is 17.4. The van der Waals surface area contributed by atoms with Crippen LogP contribution in [0.3, 0.4) is 0 Å². The van der Waals surface area contributed by atoms with Crippen molar-refractivity contribution in [1.29, 1.82) is 0 Å². The molecule has 2 aromatic carbocycles. The van der Waals surface area contributed by atoms with Gasteiger partial charge in [0.05, 0.1) is 29.9 Å². The fraction of sp³-hybridized carbons (Fsp3) is 0.250. The van der Waals surface area contributed by atoms with Gasteiger partial charge in [0.15, 0.2) is 18.1 Å². The zero-order valence-corrected chi connectivity index (χ0v) is 19.7. The second kappa shape index (κ2) is 11.8. The maximum atomic E-state index is 12.0. The minimum Gasteiger partial charge on any atom is -0.490 e. The van der Waals surface area contributed by atoms with Crippen LogP contribution in [0.15, 0.2) is 46.0 Å². The normalized spacial score (nSPS) is 10.6. The molecule has 0 aromatic heterocycles. The first kappa shape index (κ1) is 23.1. The molecule has 0 heterocycles. The number of carbonyl (C=O) groups is 2. The number of carbonyl (C=O) groups excluding carboxylic acids is 2. The Morgan fingerprint density at radius 3 is 2.59 bits per heavy atom. The van der Waals surface area contributed by atoms with E-state index in [1.165, 1.54) is 13.3 Å². The van der Waals surface area contributed by atoms with Gasteiger partial charge in [0.2, 0.25) is 5.91 Å². The van der Waals surface area contributed by atoms with E-state index in [2.05, 4.69) is 53.8 Å². The number of nitrogens with zero attached hydrogens (tertiary/aromatic N) is 1. The lowest BCUT2D eigenvalue weighted by Crippen LogP contribution is -2.19. The van der Waals surface area contributed by atoms with Gasteiger partial charge < -0.3 is 14.2 Å². The minimum atomic E-state index is -0.484. The zero-order valence-electron chi connectivity index (χ0n) is 15.9. The van der Waals surface area contributed by atoms with Crippen LogP contribution in [0, 0.1) is 3.57 Å². The summed E-state index contributed by atoms with van der Waals surface area (Å²) in [6, 6.07) is 11.0. The molecule has 0 aliphatic carbocycles. The van der Waals surface area contributed by atoms with Crippen LogP contribution >= 0.6 is 38.5 Å². The van der Waals surface area contributed by atoms with Gasteiger partial charge in [-0.15, -0.1) is 0 Å². The summed E-state index contributed by atoms with van der Waals surface area (Å²) in [6.45, 7) is 2.06. The van der Waals surface area contributed by atoms with Crippen molar-refractivity contribution in [2.75, 3.05) is 20.3 Å². The molecule has 0 saturated heterocycles. The molecular formula is C20H20BrIN2O5. The van der Waals surface area contributed by atoms with Gasteiger partial charge in [-0.3, -0.25) is 4.79 Å². The summed E-state index contributed by atoms with van der Waals surface area (Å²) in [6.07, 6.45) is 1.75. The van der Waals surface area contributed by atoms with Gasteiger partial charge in [-0.25, -0.2) is 10.2 Å². The number of rotatable bonds is 9. The van der Waals surface area contributed by atoms with E-state index in [1.807, 2.05) is 31.2 Å². The fourth-order valence-corrected chi connectivity index (χ4v) is 3.31. The third kappa shape index (κ3) is 7.65. The smallest absolute Gasteiger partial charge is 0.343 e. The number of esters is 1. The summed E-state index contributed by atoms with van der Waals surface area (Å²) >= 11 is 5.44. The first-order valence-corrected chi connectivity index (χ1v) is 10.5. The molecule has 0 bridgehead atoms. The molecule has 1 amide bonds. The van der Waals surface area contributed by atoms with Crippen molar-refractivity contribution in [3.63, 3.8) is 0 Å². The second-order valence-electron chi connectivity index (χ2n) is 5.72. The molecule has 1 N–H and O–H groups in total. The molecule has 0 atom stereocenters. The number of nitrogens with one attached hydrogen (secondary N) is 1. The lowest BCUT2D eigenvalue weighted by Gasteiger charge is -2.14. The molecule has 2 aromatic rings. The summed E-state index contributed by atoms with van der Waals surface area (Å²) in [7, 11) is 1.30. The predicted octanol–water partition coefficient (Wildman–Crippen LogP) is 3.70. The van der Waals surface area contributed by atoms with Gasteiger partial charge in [0.25, 0.3) is 0 Å². The maximum Gasteiger partial charge on any atom is 0.343 e. The monoisotopic (exact) mass is 574 g/mol. The van der Waals surface area contributed by atoms with Crippen molar-refractivity contribution in [2.45, 2.75) is 13.3 Å². The predicted molar refractivity (Wildman–Crippen MR) is 121 cm³/mol. The standard InChI is InChI=1S/C20H20BrIN2O5/c1-3-28-17-9-14(8-16(22)20(17)29-12-19(26)27-2)11-23-24-18(25)10-13-4-6-15(21)7-5-13/h4-9,11H,3,10,12H2,1-2H3,(H,24,25)/b23-11-. The van der Waals surface area contributed by atoms with E-state index in [4.69, 9.17) is 9.47 Å². The molecule has 0 radical (unpaired) electrons. The summed E-state index contributed by atoms with van der Waals surface area (Å²) in [4.78, 5) is 23.4. The lowest BCUT2D eigenvalue weighted by atomic mass is 10.1. The highest BCUT2D eigenvalue weighted by Crippen LogP contribution is 2.34.